The Bertz CT molecular complexity index is 1050. The van der Waals surface area contributed by atoms with Crippen molar-refractivity contribution >= 4 is 34.9 Å². The van der Waals surface area contributed by atoms with E-state index >= 15 is 0 Å². The smallest absolute Gasteiger partial charge is 0.399 e. The predicted molar refractivity (Wildman–Crippen MR) is 116 cm³/mol. The molecule has 0 bridgehead atoms. The number of aromatic nitrogens is 1. The number of fused-ring (bicyclic) bond motifs is 1. The van der Waals surface area contributed by atoms with Gasteiger partial charge in [-0.25, -0.2) is 0 Å². The topological polar surface area (TPSA) is 60.5 Å². The summed E-state index contributed by atoms with van der Waals surface area (Å²) in [6.45, 7) is 8.13. The molecular weight excluding hydrogens is 363 g/mol. The van der Waals surface area contributed by atoms with Gasteiger partial charge in [-0.05, 0) is 62.3 Å². The molecule has 2 aromatic carbocycles. The molecule has 0 unspecified atom stereocenters. The summed E-state index contributed by atoms with van der Waals surface area (Å²) < 4.78 is 12.2. The van der Waals surface area contributed by atoms with E-state index in [9.17, 15) is 4.79 Å². The van der Waals surface area contributed by atoms with Gasteiger partial charge in [0.25, 0.3) is 0 Å². The number of amides is 1. The molecule has 3 aromatic rings. The van der Waals surface area contributed by atoms with Crippen LogP contribution in [0.25, 0.3) is 10.8 Å². The average molecular weight is 388 g/mol. The van der Waals surface area contributed by atoms with Crippen LogP contribution in [0.3, 0.4) is 0 Å². The molecule has 4 rings (SSSR count). The Morgan fingerprint density at radius 2 is 1.76 bits per heavy atom. The van der Waals surface area contributed by atoms with Crippen LogP contribution in [0, 0.1) is 0 Å². The Hall–Kier alpha value is -2.70. The lowest BCUT2D eigenvalue weighted by Gasteiger charge is -2.32. The van der Waals surface area contributed by atoms with Crippen molar-refractivity contribution in [1.29, 1.82) is 0 Å². The first-order chi connectivity index (χ1) is 13.7. The number of pyridine rings is 1. The zero-order valence-electron chi connectivity index (χ0n) is 17.2. The summed E-state index contributed by atoms with van der Waals surface area (Å²) >= 11 is 0. The van der Waals surface area contributed by atoms with Crippen LogP contribution in [-0.4, -0.2) is 29.2 Å². The molecule has 148 valence electrons. The lowest BCUT2D eigenvalue weighted by atomic mass is 9.78. The van der Waals surface area contributed by atoms with E-state index < -0.39 is 18.3 Å². The Balaban J connectivity index is 1.45. The lowest BCUT2D eigenvalue weighted by molar-refractivity contribution is -0.115. The van der Waals surface area contributed by atoms with Crippen molar-refractivity contribution in [3.8, 4) is 0 Å². The molecule has 6 heteroatoms. The number of carbonyl (C=O) groups excluding carboxylic acids is 1. The molecule has 1 aliphatic rings. The first-order valence-electron chi connectivity index (χ1n) is 9.82. The highest BCUT2D eigenvalue weighted by Crippen LogP contribution is 2.36. The van der Waals surface area contributed by atoms with Gasteiger partial charge >= 0.3 is 7.12 Å². The summed E-state index contributed by atoms with van der Waals surface area (Å²) in [5.74, 6) is -0.0653. The first kappa shape index (κ1) is 19.6. The number of carbonyl (C=O) groups is 1. The van der Waals surface area contributed by atoms with E-state index in [-0.39, 0.29) is 12.3 Å². The zero-order valence-corrected chi connectivity index (χ0v) is 17.2. The van der Waals surface area contributed by atoms with Gasteiger partial charge in [0.15, 0.2) is 0 Å². The SMILES string of the molecule is CC1(C)OB(c2cccc(CC(=O)Nc3ccc4cnccc4c3)c2)OC1(C)C. The largest absolute Gasteiger partial charge is 0.494 e. The normalized spacial score (nSPS) is 17.4. The third-order valence-corrected chi connectivity index (χ3v) is 5.77. The van der Waals surface area contributed by atoms with Gasteiger partial charge in [0.1, 0.15) is 0 Å². The fourth-order valence-electron chi connectivity index (χ4n) is 3.38. The Morgan fingerprint density at radius 1 is 1.00 bits per heavy atom. The summed E-state index contributed by atoms with van der Waals surface area (Å²) in [5, 5.41) is 5.06. The van der Waals surface area contributed by atoms with Crippen LogP contribution in [0.2, 0.25) is 0 Å². The molecular formula is C23H25BN2O3. The van der Waals surface area contributed by atoms with Gasteiger partial charge in [-0.15, -0.1) is 0 Å². The molecule has 29 heavy (non-hydrogen) atoms. The maximum atomic E-state index is 12.6. The number of nitrogens with zero attached hydrogens (tertiary/aromatic N) is 1. The van der Waals surface area contributed by atoms with Gasteiger partial charge < -0.3 is 14.6 Å². The number of hydrogen-bond donors (Lipinski definition) is 1. The highest BCUT2D eigenvalue weighted by Gasteiger charge is 2.51. The van der Waals surface area contributed by atoms with Gasteiger partial charge in [-0.3, -0.25) is 9.78 Å². The van der Waals surface area contributed by atoms with Gasteiger partial charge in [0.05, 0.1) is 17.6 Å². The lowest BCUT2D eigenvalue weighted by Crippen LogP contribution is -2.41. The van der Waals surface area contributed by atoms with E-state index in [1.807, 2.05) is 82.4 Å². The van der Waals surface area contributed by atoms with Crippen molar-refractivity contribution in [2.45, 2.75) is 45.3 Å². The Labute approximate surface area is 171 Å². The number of benzene rings is 2. The van der Waals surface area contributed by atoms with Gasteiger partial charge in [0, 0.05) is 23.5 Å². The number of anilines is 1. The van der Waals surface area contributed by atoms with Crippen molar-refractivity contribution in [1.82, 2.24) is 4.98 Å². The number of nitrogens with one attached hydrogen (secondary N) is 1. The first-order valence-corrected chi connectivity index (χ1v) is 9.82. The van der Waals surface area contributed by atoms with Gasteiger partial charge in [-0.1, -0.05) is 30.3 Å². The third kappa shape index (κ3) is 4.04. The fourth-order valence-corrected chi connectivity index (χ4v) is 3.38. The van der Waals surface area contributed by atoms with Crippen LogP contribution in [0.4, 0.5) is 5.69 Å². The highest BCUT2D eigenvalue weighted by molar-refractivity contribution is 6.62. The third-order valence-electron chi connectivity index (χ3n) is 5.77. The molecule has 1 fully saturated rings. The molecule has 1 N–H and O–H groups in total. The second-order valence-electron chi connectivity index (χ2n) is 8.50. The van der Waals surface area contributed by atoms with Crippen molar-refractivity contribution in [3.63, 3.8) is 0 Å². The molecule has 0 radical (unpaired) electrons. The summed E-state index contributed by atoms with van der Waals surface area (Å²) in [6.07, 6.45) is 3.83. The minimum atomic E-state index is -0.433. The van der Waals surface area contributed by atoms with Crippen molar-refractivity contribution in [2.24, 2.45) is 0 Å². The molecule has 1 saturated heterocycles. The standard InChI is InChI=1S/C23H25BN2O3/c1-22(2)23(3,4)29-24(28-22)19-7-5-6-16(12-19)13-21(27)26-20-9-8-18-15-25-11-10-17(18)14-20/h5-12,14-15H,13H2,1-4H3,(H,26,27). The molecule has 1 aliphatic heterocycles. The van der Waals surface area contributed by atoms with E-state index in [1.165, 1.54) is 0 Å². The van der Waals surface area contributed by atoms with Crippen molar-refractivity contribution in [3.05, 3.63) is 66.5 Å². The zero-order chi connectivity index (χ0) is 20.6. The molecule has 1 aromatic heterocycles. The minimum Gasteiger partial charge on any atom is -0.399 e. The molecule has 1 amide bonds. The van der Waals surface area contributed by atoms with Crippen LogP contribution < -0.4 is 10.8 Å². The van der Waals surface area contributed by atoms with Crippen LogP contribution in [-0.2, 0) is 20.5 Å². The second kappa shape index (κ2) is 7.28. The maximum Gasteiger partial charge on any atom is 0.494 e. The van der Waals surface area contributed by atoms with Gasteiger partial charge in [0.2, 0.25) is 5.91 Å². The van der Waals surface area contributed by atoms with E-state index in [1.54, 1.807) is 6.20 Å². The van der Waals surface area contributed by atoms with E-state index in [0.717, 1.165) is 27.5 Å². The molecule has 0 saturated carbocycles. The van der Waals surface area contributed by atoms with Crippen LogP contribution in [0.15, 0.2) is 60.9 Å². The maximum absolute atomic E-state index is 12.6. The molecule has 5 nitrogen and oxygen atoms in total. The van der Waals surface area contributed by atoms with Crippen LogP contribution in [0.1, 0.15) is 33.3 Å². The van der Waals surface area contributed by atoms with Gasteiger partial charge in [-0.2, -0.15) is 0 Å². The number of hydrogen-bond acceptors (Lipinski definition) is 4. The molecule has 0 spiro atoms. The molecule has 0 aliphatic carbocycles. The van der Waals surface area contributed by atoms with E-state index in [4.69, 9.17) is 9.31 Å². The molecule has 0 atom stereocenters. The Morgan fingerprint density at radius 3 is 2.52 bits per heavy atom. The molecule has 2 heterocycles. The summed E-state index contributed by atoms with van der Waals surface area (Å²) in [5.41, 5.74) is 1.83. The summed E-state index contributed by atoms with van der Waals surface area (Å²) in [6, 6.07) is 15.6. The monoisotopic (exact) mass is 388 g/mol. The van der Waals surface area contributed by atoms with E-state index in [2.05, 4.69) is 10.3 Å². The van der Waals surface area contributed by atoms with Crippen LogP contribution in [0.5, 0.6) is 0 Å². The highest BCUT2D eigenvalue weighted by atomic mass is 16.7. The Kier molecular flexibility index (Phi) is 4.93. The summed E-state index contributed by atoms with van der Waals surface area (Å²) in [7, 11) is -0.433. The average Bonchev–Trinajstić information content (AvgIpc) is 2.89. The quantitative estimate of drug-likeness (QED) is 0.693. The van der Waals surface area contributed by atoms with Crippen molar-refractivity contribution in [2.75, 3.05) is 5.32 Å². The summed E-state index contributed by atoms with van der Waals surface area (Å²) in [4.78, 5) is 16.7. The minimum absolute atomic E-state index is 0.0653. The fraction of sp³-hybridized carbons (Fsp3) is 0.304. The predicted octanol–water partition coefficient (Wildman–Crippen LogP) is 3.72. The number of rotatable bonds is 4. The van der Waals surface area contributed by atoms with Crippen molar-refractivity contribution < 1.29 is 14.1 Å². The van der Waals surface area contributed by atoms with Crippen LogP contribution >= 0.6 is 0 Å². The second-order valence-corrected chi connectivity index (χ2v) is 8.50. The van der Waals surface area contributed by atoms with E-state index in [0.29, 0.717) is 0 Å².